The van der Waals surface area contributed by atoms with E-state index in [2.05, 4.69) is 31.9 Å². The summed E-state index contributed by atoms with van der Waals surface area (Å²) in [5.41, 5.74) is 0. The van der Waals surface area contributed by atoms with Crippen LogP contribution in [0, 0.1) is 5.92 Å². The molecule has 0 rings (SSSR count). The summed E-state index contributed by atoms with van der Waals surface area (Å²) in [5, 5.41) is 12.1. The van der Waals surface area contributed by atoms with Crippen molar-refractivity contribution in [3.63, 3.8) is 0 Å². The van der Waals surface area contributed by atoms with Crippen LogP contribution >= 0.6 is 31.9 Å². The van der Waals surface area contributed by atoms with Crippen molar-refractivity contribution >= 4 is 31.9 Å². The maximum Gasteiger partial charge on any atom is 0.111 e. The van der Waals surface area contributed by atoms with Gasteiger partial charge in [0.2, 0.25) is 0 Å². The SMILES string of the molecule is CC(C)C([O])C(C)(Br)CBr. The van der Waals surface area contributed by atoms with E-state index in [9.17, 15) is 5.11 Å². The highest BCUT2D eigenvalue weighted by atomic mass is 79.9. The van der Waals surface area contributed by atoms with Crippen molar-refractivity contribution in [2.45, 2.75) is 31.2 Å². The zero-order chi connectivity index (χ0) is 8.36. The van der Waals surface area contributed by atoms with Gasteiger partial charge in [0.15, 0.2) is 0 Å². The summed E-state index contributed by atoms with van der Waals surface area (Å²) >= 11 is 6.68. The fourth-order valence-electron chi connectivity index (χ4n) is 0.771. The Morgan fingerprint density at radius 2 is 1.90 bits per heavy atom. The largest absolute Gasteiger partial charge is 0.231 e. The van der Waals surface area contributed by atoms with Gasteiger partial charge >= 0.3 is 0 Å². The molecule has 0 saturated heterocycles. The zero-order valence-electron chi connectivity index (χ0n) is 6.53. The van der Waals surface area contributed by atoms with Crippen LogP contribution in [0.3, 0.4) is 0 Å². The van der Waals surface area contributed by atoms with Crippen LogP contribution in [0.2, 0.25) is 0 Å². The quantitative estimate of drug-likeness (QED) is 0.704. The first-order valence-corrected chi connectivity index (χ1v) is 5.24. The molecule has 1 radical (unpaired) electrons. The van der Waals surface area contributed by atoms with Gasteiger partial charge in [-0.05, 0) is 12.8 Å². The van der Waals surface area contributed by atoms with Crippen molar-refractivity contribution in [3.05, 3.63) is 0 Å². The standard InChI is InChI=1S/C7H13Br2O/c1-5(2)6(10)7(3,9)4-8/h5-6H,4H2,1-3H3. The molecule has 3 heteroatoms. The molecule has 0 aromatic heterocycles. The van der Waals surface area contributed by atoms with E-state index in [0.29, 0.717) is 5.33 Å². The lowest BCUT2D eigenvalue weighted by Crippen LogP contribution is -2.37. The molecule has 0 aliphatic carbocycles. The number of rotatable bonds is 3. The fraction of sp³-hybridized carbons (Fsp3) is 1.00. The third-order valence-corrected chi connectivity index (χ3v) is 4.11. The van der Waals surface area contributed by atoms with E-state index in [1.807, 2.05) is 20.8 Å². The van der Waals surface area contributed by atoms with Gasteiger partial charge in [0.1, 0.15) is 6.10 Å². The van der Waals surface area contributed by atoms with Crippen LogP contribution in [0.15, 0.2) is 0 Å². The second-order valence-corrected chi connectivity index (χ2v) is 5.45. The Morgan fingerprint density at radius 1 is 1.50 bits per heavy atom. The van der Waals surface area contributed by atoms with Gasteiger partial charge in [-0.25, -0.2) is 5.11 Å². The summed E-state index contributed by atoms with van der Waals surface area (Å²) in [4.78, 5) is 0. The number of halogens is 2. The Bertz CT molecular complexity index is 102. The third-order valence-electron chi connectivity index (χ3n) is 1.46. The average molecular weight is 273 g/mol. The van der Waals surface area contributed by atoms with Crippen LogP contribution in [0.1, 0.15) is 20.8 Å². The van der Waals surface area contributed by atoms with E-state index in [4.69, 9.17) is 0 Å². The number of hydrogen-bond acceptors (Lipinski definition) is 0. The van der Waals surface area contributed by atoms with Gasteiger partial charge < -0.3 is 0 Å². The summed E-state index contributed by atoms with van der Waals surface area (Å²) in [7, 11) is 0. The average Bonchev–Trinajstić information content (AvgIpc) is 1.86. The number of alkyl halides is 2. The van der Waals surface area contributed by atoms with Crippen molar-refractivity contribution in [3.8, 4) is 0 Å². The molecule has 0 heterocycles. The molecule has 0 aliphatic rings. The molecule has 0 aliphatic heterocycles. The minimum Gasteiger partial charge on any atom is -0.231 e. The third kappa shape index (κ3) is 2.89. The molecule has 0 bridgehead atoms. The Morgan fingerprint density at radius 3 is 2.00 bits per heavy atom. The Labute approximate surface area is 79.5 Å². The summed E-state index contributed by atoms with van der Waals surface area (Å²) in [6.45, 7) is 5.80. The molecule has 0 aromatic rings. The molecular formula is C7H13Br2O. The fourth-order valence-corrected chi connectivity index (χ4v) is 1.62. The lowest BCUT2D eigenvalue weighted by atomic mass is 9.96. The van der Waals surface area contributed by atoms with E-state index in [1.165, 1.54) is 0 Å². The van der Waals surface area contributed by atoms with Crippen molar-refractivity contribution in [1.82, 2.24) is 0 Å². The Kier molecular flexibility index (Phi) is 4.45. The first-order valence-electron chi connectivity index (χ1n) is 3.32. The van der Waals surface area contributed by atoms with Crippen LogP contribution in [-0.2, 0) is 5.11 Å². The second-order valence-electron chi connectivity index (χ2n) is 3.08. The highest BCUT2D eigenvalue weighted by Gasteiger charge is 2.32. The summed E-state index contributed by atoms with van der Waals surface area (Å²) in [6.07, 6.45) is -0.549. The second kappa shape index (κ2) is 4.07. The van der Waals surface area contributed by atoms with Crippen molar-refractivity contribution in [2.24, 2.45) is 5.92 Å². The highest BCUT2D eigenvalue weighted by molar-refractivity contribution is 9.12. The van der Waals surface area contributed by atoms with E-state index in [-0.39, 0.29) is 10.2 Å². The highest BCUT2D eigenvalue weighted by Crippen LogP contribution is 2.28. The molecule has 61 valence electrons. The lowest BCUT2D eigenvalue weighted by Gasteiger charge is -2.27. The molecule has 10 heavy (non-hydrogen) atoms. The van der Waals surface area contributed by atoms with Gasteiger partial charge in [0, 0.05) is 5.33 Å². The molecule has 0 N–H and O–H groups in total. The van der Waals surface area contributed by atoms with Crippen molar-refractivity contribution < 1.29 is 5.11 Å². The molecule has 0 aromatic carbocycles. The van der Waals surface area contributed by atoms with Crippen LogP contribution in [0.5, 0.6) is 0 Å². The molecule has 0 amide bonds. The topological polar surface area (TPSA) is 19.9 Å². The van der Waals surface area contributed by atoms with Crippen LogP contribution in [0.25, 0.3) is 0 Å². The van der Waals surface area contributed by atoms with Gasteiger partial charge in [0.05, 0.1) is 4.32 Å². The van der Waals surface area contributed by atoms with Crippen LogP contribution < -0.4 is 0 Å². The molecular weight excluding hydrogens is 260 g/mol. The summed E-state index contributed by atoms with van der Waals surface area (Å²) in [6, 6.07) is 0. The molecule has 0 fully saturated rings. The first kappa shape index (κ1) is 10.9. The predicted octanol–water partition coefficient (Wildman–Crippen LogP) is 2.99. The molecule has 0 saturated carbocycles. The predicted molar refractivity (Wildman–Crippen MR) is 50.4 cm³/mol. The van der Waals surface area contributed by atoms with Gasteiger partial charge in [-0.3, -0.25) is 0 Å². The first-order chi connectivity index (χ1) is 4.41. The minimum atomic E-state index is -0.549. The molecule has 2 atom stereocenters. The van der Waals surface area contributed by atoms with E-state index < -0.39 is 6.10 Å². The van der Waals surface area contributed by atoms with Crippen LogP contribution in [0.4, 0.5) is 0 Å². The molecule has 2 unspecified atom stereocenters. The van der Waals surface area contributed by atoms with Gasteiger partial charge in [-0.1, -0.05) is 45.7 Å². The van der Waals surface area contributed by atoms with Gasteiger partial charge in [0.25, 0.3) is 0 Å². The van der Waals surface area contributed by atoms with Crippen LogP contribution in [-0.4, -0.2) is 15.8 Å². The van der Waals surface area contributed by atoms with E-state index in [0.717, 1.165) is 0 Å². The van der Waals surface area contributed by atoms with Crippen molar-refractivity contribution in [2.75, 3.05) is 5.33 Å². The number of hydrogen-bond donors (Lipinski definition) is 0. The maximum atomic E-state index is 11.4. The van der Waals surface area contributed by atoms with E-state index in [1.54, 1.807) is 0 Å². The van der Waals surface area contributed by atoms with Gasteiger partial charge in [-0.2, -0.15) is 0 Å². The lowest BCUT2D eigenvalue weighted by molar-refractivity contribution is 0.0296. The Hall–Kier alpha value is 0.920. The van der Waals surface area contributed by atoms with Crippen molar-refractivity contribution in [1.29, 1.82) is 0 Å². The summed E-state index contributed by atoms with van der Waals surface area (Å²) < 4.78 is -0.304. The monoisotopic (exact) mass is 271 g/mol. The Balaban J connectivity index is 4.03. The smallest absolute Gasteiger partial charge is 0.111 e. The normalized spacial score (nSPS) is 20.7. The maximum absolute atomic E-state index is 11.4. The van der Waals surface area contributed by atoms with Gasteiger partial charge in [-0.15, -0.1) is 0 Å². The van der Waals surface area contributed by atoms with E-state index >= 15 is 0 Å². The summed E-state index contributed by atoms with van der Waals surface area (Å²) in [5.74, 6) is 0.182. The molecule has 1 nitrogen and oxygen atoms in total. The minimum absolute atomic E-state index is 0.182. The molecule has 0 spiro atoms. The zero-order valence-corrected chi connectivity index (χ0v) is 9.70.